The van der Waals surface area contributed by atoms with Gasteiger partial charge in [0, 0.05) is 6.08 Å². The van der Waals surface area contributed by atoms with Crippen molar-refractivity contribution in [2.45, 2.75) is 6.10 Å². The van der Waals surface area contributed by atoms with Crippen LogP contribution in [0.2, 0.25) is 0 Å². The molecule has 0 heterocycles. The number of hydrogen-bond acceptors (Lipinski definition) is 4. The number of aldehydes is 1. The van der Waals surface area contributed by atoms with Crippen molar-refractivity contribution < 1.29 is 20.1 Å². The first-order valence-corrected chi connectivity index (χ1v) is 2.49. The largest absolute Gasteiger partial charge is 0.509 e. The molecule has 0 aromatic rings. The number of hydrogen-bond donors (Lipinski definition) is 3. The lowest BCUT2D eigenvalue weighted by atomic mass is 10.3. The van der Waals surface area contributed by atoms with Crippen LogP contribution in [0.4, 0.5) is 0 Å². The summed E-state index contributed by atoms with van der Waals surface area (Å²) in [4.78, 5) is 9.77. The molecule has 0 bridgehead atoms. The van der Waals surface area contributed by atoms with Crippen LogP contribution in [0.3, 0.4) is 0 Å². The molecule has 4 nitrogen and oxygen atoms in total. The van der Waals surface area contributed by atoms with Gasteiger partial charge in [-0.15, -0.1) is 0 Å². The summed E-state index contributed by atoms with van der Waals surface area (Å²) < 4.78 is 0. The zero-order valence-electron chi connectivity index (χ0n) is 5.19. The Hall–Kier alpha value is -1.29. The highest BCUT2D eigenvalue weighted by Gasteiger charge is 2.06. The molecule has 1 atom stereocenters. The second-order valence-electron chi connectivity index (χ2n) is 1.64. The monoisotopic (exact) mass is 144 g/mol. The molecule has 0 aliphatic carbocycles. The molecule has 0 rings (SSSR count). The van der Waals surface area contributed by atoms with Crippen molar-refractivity contribution in [3.05, 3.63) is 24.2 Å². The summed E-state index contributed by atoms with van der Waals surface area (Å²) in [5, 5.41) is 25.6. The Labute approximate surface area is 57.7 Å². The topological polar surface area (TPSA) is 77.8 Å². The minimum Gasteiger partial charge on any atom is -0.509 e. The Morgan fingerprint density at radius 2 is 2.00 bits per heavy atom. The number of carbonyl (C=O) groups excluding carboxylic acids is 1. The van der Waals surface area contributed by atoms with Gasteiger partial charge in [0.1, 0.15) is 11.5 Å². The van der Waals surface area contributed by atoms with Gasteiger partial charge in [0.2, 0.25) is 0 Å². The van der Waals surface area contributed by atoms with Crippen LogP contribution in [-0.2, 0) is 4.79 Å². The lowest BCUT2D eigenvalue weighted by molar-refractivity contribution is -0.114. The molecule has 0 saturated carbocycles. The normalized spacial score (nSPS) is 14.3. The van der Waals surface area contributed by atoms with Crippen molar-refractivity contribution in [2.75, 3.05) is 0 Å². The highest BCUT2D eigenvalue weighted by Crippen LogP contribution is 1.97. The first-order valence-electron chi connectivity index (χ1n) is 2.49. The molecule has 0 aromatic heterocycles. The van der Waals surface area contributed by atoms with Crippen molar-refractivity contribution in [3.63, 3.8) is 0 Å². The van der Waals surface area contributed by atoms with Gasteiger partial charge < -0.3 is 15.3 Å². The molecule has 1 unspecified atom stereocenters. The van der Waals surface area contributed by atoms with E-state index in [0.29, 0.717) is 0 Å². The summed E-state index contributed by atoms with van der Waals surface area (Å²) in [7, 11) is 0. The molecule has 4 heteroatoms. The molecular weight excluding hydrogens is 136 g/mol. The second-order valence-corrected chi connectivity index (χ2v) is 1.64. The molecule has 56 valence electrons. The van der Waals surface area contributed by atoms with Crippen molar-refractivity contribution in [1.82, 2.24) is 0 Å². The summed E-state index contributed by atoms with van der Waals surface area (Å²) in [5.41, 5.74) is 0. The van der Waals surface area contributed by atoms with E-state index in [1.165, 1.54) is 0 Å². The molecule has 0 saturated heterocycles. The molecule has 0 radical (unpaired) electrons. The van der Waals surface area contributed by atoms with Gasteiger partial charge in [-0.3, -0.25) is 4.79 Å². The van der Waals surface area contributed by atoms with Crippen molar-refractivity contribution in [2.24, 2.45) is 0 Å². The van der Waals surface area contributed by atoms with E-state index in [4.69, 9.17) is 15.3 Å². The Balaban J connectivity index is 4.18. The van der Waals surface area contributed by atoms with Gasteiger partial charge in [-0.1, -0.05) is 6.58 Å². The number of rotatable bonds is 3. The molecule has 3 N–H and O–H groups in total. The lowest BCUT2D eigenvalue weighted by Gasteiger charge is -1.99. The molecular formula is C6H8O4. The molecule has 0 spiro atoms. The van der Waals surface area contributed by atoms with E-state index < -0.39 is 17.6 Å². The Bertz CT molecular complexity index is 171. The molecule has 0 aliphatic heterocycles. The van der Waals surface area contributed by atoms with Gasteiger partial charge >= 0.3 is 0 Å². The maximum absolute atomic E-state index is 9.77. The maximum Gasteiger partial charge on any atom is 0.166 e. The number of carbonyl (C=O) groups is 1. The van der Waals surface area contributed by atoms with Crippen LogP contribution in [0, 0.1) is 0 Å². The Morgan fingerprint density at radius 3 is 2.30 bits per heavy atom. The fourth-order valence-electron chi connectivity index (χ4n) is 0.326. The zero-order valence-corrected chi connectivity index (χ0v) is 5.19. The third-order valence-corrected chi connectivity index (χ3v) is 0.746. The van der Waals surface area contributed by atoms with E-state index in [9.17, 15) is 4.79 Å². The van der Waals surface area contributed by atoms with E-state index in [1.54, 1.807) is 0 Å². The highest BCUT2D eigenvalue weighted by molar-refractivity contribution is 5.60. The number of aliphatic hydroxyl groups excluding tert-OH is 3. The van der Waals surface area contributed by atoms with Gasteiger partial charge in [-0.25, -0.2) is 0 Å². The molecule has 0 aromatic carbocycles. The first-order chi connectivity index (χ1) is 4.57. The Kier molecular flexibility index (Phi) is 3.21. The quantitative estimate of drug-likeness (QED) is 0.297. The fraction of sp³-hybridized carbons (Fsp3) is 0.167. The standard InChI is InChI=1S/C6H8O4/c1-4(8)2-5(9)6(10)3-7/h2-3,6,8-10H,1H2. The fourth-order valence-corrected chi connectivity index (χ4v) is 0.326. The first kappa shape index (κ1) is 8.71. The van der Waals surface area contributed by atoms with E-state index in [2.05, 4.69) is 6.58 Å². The van der Waals surface area contributed by atoms with Crippen molar-refractivity contribution in [1.29, 1.82) is 0 Å². The summed E-state index contributed by atoms with van der Waals surface area (Å²) in [6.45, 7) is 3.00. The van der Waals surface area contributed by atoms with E-state index in [-0.39, 0.29) is 6.29 Å². The molecule has 0 amide bonds. The van der Waals surface area contributed by atoms with Gasteiger partial charge in [-0.2, -0.15) is 0 Å². The Morgan fingerprint density at radius 1 is 1.50 bits per heavy atom. The predicted octanol–water partition coefficient (Wildman–Crippen LogP) is 0.0598. The summed E-state index contributed by atoms with van der Waals surface area (Å²) >= 11 is 0. The van der Waals surface area contributed by atoms with Crippen LogP contribution in [0.15, 0.2) is 24.2 Å². The summed E-state index contributed by atoms with van der Waals surface area (Å²) in [6.07, 6.45) is -0.655. The van der Waals surface area contributed by atoms with E-state index in [1.807, 2.05) is 0 Å². The average molecular weight is 144 g/mol. The molecule has 10 heavy (non-hydrogen) atoms. The number of aliphatic hydroxyl groups is 3. The van der Waals surface area contributed by atoms with Gasteiger partial charge in [-0.05, 0) is 0 Å². The van der Waals surface area contributed by atoms with Crippen molar-refractivity contribution in [3.8, 4) is 0 Å². The summed E-state index contributed by atoms with van der Waals surface area (Å²) in [6, 6.07) is 0. The zero-order chi connectivity index (χ0) is 8.15. The van der Waals surface area contributed by atoms with Crippen molar-refractivity contribution >= 4 is 6.29 Å². The van der Waals surface area contributed by atoms with Crippen LogP contribution >= 0.6 is 0 Å². The average Bonchev–Trinajstić information content (AvgIpc) is 1.85. The van der Waals surface area contributed by atoms with Crippen LogP contribution < -0.4 is 0 Å². The molecule has 0 aliphatic rings. The predicted molar refractivity (Wildman–Crippen MR) is 34.6 cm³/mol. The van der Waals surface area contributed by atoms with E-state index >= 15 is 0 Å². The second kappa shape index (κ2) is 3.68. The van der Waals surface area contributed by atoms with Crippen LogP contribution in [-0.4, -0.2) is 27.7 Å². The highest BCUT2D eigenvalue weighted by atomic mass is 16.3. The SMILES string of the molecule is C=C(O)C=C(O)C(O)C=O. The molecule has 0 fully saturated rings. The summed E-state index contributed by atoms with van der Waals surface area (Å²) in [5.74, 6) is -1.04. The van der Waals surface area contributed by atoms with Crippen LogP contribution in [0.5, 0.6) is 0 Å². The lowest BCUT2D eigenvalue weighted by Crippen LogP contribution is -2.11. The number of allylic oxidation sites excluding steroid dienone is 1. The van der Waals surface area contributed by atoms with E-state index in [0.717, 1.165) is 6.08 Å². The minimum atomic E-state index is -1.58. The van der Waals surface area contributed by atoms with Gasteiger partial charge in [0.25, 0.3) is 0 Å². The third kappa shape index (κ3) is 2.88. The third-order valence-electron chi connectivity index (χ3n) is 0.746. The maximum atomic E-state index is 9.77. The van der Waals surface area contributed by atoms with Crippen LogP contribution in [0.1, 0.15) is 0 Å². The smallest absolute Gasteiger partial charge is 0.166 e. The van der Waals surface area contributed by atoms with Gasteiger partial charge in [0.15, 0.2) is 12.4 Å². The van der Waals surface area contributed by atoms with Crippen LogP contribution in [0.25, 0.3) is 0 Å². The minimum absolute atomic E-state index is 0.134. The van der Waals surface area contributed by atoms with Gasteiger partial charge in [0.05, 0.1) is 0 Å².